The molecule has 2 heterocycles. The number of carbonyl (C=O) groups is 1. The Morgan fingerprint density at radius 2 is 1.86 bits per heavy atom. The van der Waals surface area contributed by atoms with Gasteiger partial charge in [-0.15, -0.1) is 0 Å². The van der Waals surface area contributed by atoms with Gasteiger partial charge in [0.2, 0.25) is 6.29 Å². The summed E-state index contributed by atoms with van der Waals surface area (Å²) in [6.45, 7) is 3.71. The summed E-state index contributed by atoms with van der Waals surface area (Å²) in [5.74, 6) is 0.0717. The predicted molar refractivity (Wildman–Crippen MR) is 132 cm³/mol. The number of carbonyl (C=O) groups excluding carboxylic acids is 1. The Labute approximate surface area is 214 Å². The lowest BCUT2D eigenvalue weighted by Gasteiger charge is -2.43. The van der Waals surface area contributed by atoms with Gasteiger partial charge in [-0.05, 0) is 47.9 Å². The van der Waals surface area contributed by atoms with Gasteiger partial charge in [-0.25, -0.2) is 0 Å². The molecule has 0 unspecified atom stereocenters. The number of fused-ring (bicyclic) bond motifs is 3. The van der Waals surface area contributed by atoms with Gasteiger partial charge in [-0.1, -0.05) is 12.1 Å². The van der Waals surface area contributed by atoms with E-state index in [4.69, 9.17) is 24.7 Å². The lowest BCUT2D eigenvalue weighted by Crippen LogP contribution is -2.64. The number of aryl methyl sites for hydroxylation is 1. The number of rotatable bonds is 11. The van der Waals surface area contributed by atoms with Gasteiger partial charge in [-0.3, -0.25) is 4.79 Å². The fraction of sp³-hybridized carbons (Fsp3) is 0.500. The topological polar surface area (TPSA) is 173 Å². The molecule has 0 aromatic heterocycles. The molecule has 37 heavy (non-hydrogen) atoms. The van der Waals surface area contributed by atoms with E-state index in [-0.39, 0.29) is 11.5 Å². The van der Waals surface area contributed by atoms with Crippen molar-refractivity contribution < 1.29 is 44.2 Å². The summed E-state index contributed by atoms with van der Waals surface area (Å²) in [5, 5.41) is 44.8. The Morgan fingerprint density at radius 3 is 2.59 bits per heavy atom. The van der Waals surface area contributed by atoms with Crippen molar-refractivity contribution >= 4 is 5.91 Å². The first-order valence-corrected chi connectivity index (χ1v) is 12.2. The van der Waals surface area contributed by atoms with E-state index in [1.807, 2.05) is 12.1 Å². The summed E-state index contributed by atoms with van der Waals surface area (Å²) in [6, 6.07) is 10.5. The number of hydrogen-bond donors (Lipinski definition) is 6. The summed E-state index contributed by atoms with van der Waals surface area (Å²) in [6.07, 6.45) is -5.55. The average molecular weight is 519 g/mol. The standard InChI is InChI=1S/C26H34N2O9/c1-15-11-18(13-19-22(15)37-25-26(19,33)23(31)21(30)20(14-29)36-25)16-3-2-4-17(12-16)24(32)28-6-8-35-10-9-34-7-5-27/h2-4,11-13,20-21,23,25,29-31,33H,5-10,14,27H2,1H3,(H,28,32)/t20-,21-,23+,25-,26+/m1/s1. The van der Waals surface area contributed by atoms with E-state index in [9.17, 15) is 25.2 Å². The van der Waals surface area contributed by atoms with E-state index in [2.05, 4.69) is 5.32 Å². The van der Waals surface area contributed by atoms with Crippen molar-refractivity contribution in [3.63, 3.8) is 0 Å². The molecule has 7 N–H and O–H groups in total. The van der Waals surface area contributed by atoms with Crippen LogP contribution in [0.25, 0.3) is 11.1 Å². The molecule has 11 heteroatoms. The third-order valence-electron chi connectivity index (χ3n) is 6.55. The summed E-state index contributed by atoms with van der Waals surface area (Å²) < 4.78 is 22.0. The zero-order chi connectivity index (χ0) is 26.6. The van der Waals surface area contributed by atoms with Crippen molar-refractivity contribution in [2.75, 3.05) is 46.1 Å². The maximum atomic E-state index is 12.7. The third-order valence-corrected chi connectivity index (χ3v) is 6.55. The molecule has 0 spiro atoms. The molecular formula is C26H34N2O9. The molecule has 11 nitrogen and oxygen atoms in total. The van der Waals surface area contributed by atoms with Crippen LogP contribution in [0.1, 0.15) is 21.5 Å². The van der Waals surface area contributed by atoms with Crippen LogP contribution in [0.5, 0.6) is 5.75 Å². The van der Waals surface area contributed by atoms with E-state index in [0.29, 0.717) is 67.5 Å². The molecule has 1 saturated heterocycles. The maximum absolute atomic E-state index is 12.7. The fourth-order valence-corrected chi connectivity index (χ4v) is 4.59. The van der Waals surface area contributed by atoms with E-state index >= 15 is 0 Å². The zero-order valence-corrected chi connectivity index (χ0v) is 20.6. The van der Waals surface area contributed by atoms with Crippen molar-refractivity contribution in [2.45, 2.75) is 37.1 Å². The first kappa shape index (κ1) is 27.4. The average Bonchev–Trinajstić information content (AvgIpc) is 3.20. The molecule has 0 radical (unpaired) electrons. The lowest BCUT2D eigenvalue weighted by atomic mass is 9.80. The molecule has 5 atom stereocenters. The summed E-state index contributed by atoms with van der Waals surface area (Å²) in [5.41, 5.74) is 6.07. The van der Waals surface area contributed by atoms with Crippen molar-refractivity contribution in [1.82, 2.24) is 5.32 Å². The first-order chi connectivity index (χ1) is 17.8. The number of benzene rings is 2. The molecule has 2 aromatic carbocycles. The van der Waals surface area contributed by atoms with Crippen LogP contribution < -0.4 is 15.8 Å². The van der Waals surface area contributed by atoms with Gasteiger partial charge in [0.05, 0.1) is 33.0 Å². The van der Waals surface area contributed by atoms with Gasteiger partial charge in [0.1, 0.15) is 24.1 Å². The minimum absolute atomic E-state index is 0.262. The summed E-state index contributed by atoms with van der Waals surface area (Å²) in [7, 11) is 0. The van der Waals surface area contributed by atoms with Gasteiger partial charge in [0, 0.05) is 24.2 Å². The minimum atomic E-state index is -2.04. The lowest BCUT2D eigenvalue weighted by molar-refractivity contribution is -0.314. The molecular weight excluding hydrogens is 484 g/mol. The molecule has 1 fully saturated rings. The molecule has 2 aliphatic rings. The van der Waals surface area contributed by atoms with Gasteiger partial charge in [0.25, 0.3) is 5.91 Å². The predicted octanol–water partition coefficient (Wildman–Crippen LogP) is -0.597. The summed E-state index contributed by atoms with van der Waals surface area (Å²) >= 11 is 0. The number of nitrogens with two attached hydrogens (primary N) is 1. The normalized spacial score (nSPS) is 26.3. The Morgan fingerprint density at radius 1 is 1.11 bits per heavy atom. The maximum Gasteiger partial charge on any atom is 0.251 e. The van der Waals surface area contributed by atoms with Crippen LogP contribution >= 0.6 is 0 Å². The SMILES string of the molecule is Cc1cc(-c2cccc(C(=O)NCCOCCOCCN)c2)cc2c1O[C@H]1O[C@H](CO)[C@@H](O)[C@H](O)[C@@]21O. The van der Waals surface area contributed by atoms with E-state index in [1.165, 1.54) is 0 Å². The Balaban J connectivity index is 1.47. The second kappa shape index (κ2) is 11.8. The van der Waals surface area contributed by atoms with Gasteiger partial charge < -0.3 is 50.4 Å². The van der Waals surface area contributed by atoms with Crippen LogP contribution in [-0.4, -0.2) is 97.1 Å². The highest BCUT2D eigenvalue weighted by atomic mass is 16.7. The molecule has 2 aliphatic heterocycles. The Kier molecular flexibility index (Phi) is 8.78. The van der Waals surface area contributed by atoms with Crippen LogP contribution in [0.3, 0.4) is 0 Å². The van der Waals surface area contributed by atoms with Crippen LogP contribution in [0.4, 0.5) is 0 Å². The fourth-order valence-electron chi connectivity index (χ4n) is 4.59. The minimum Gasteiger partial charge on any atom is -0.461 e. The van der Waals surface area contributed by atoms with E-state index < -0.39 is 36.8 Å². The molecule has 0 aliphatic carbocycles. The van der Waals surface area contributed by atoms with Crippen molar-refractivity contribution in [1.29, 1.82) is 0 Å². The highest BCUT2D eigenvalue weighted by Gasteiger charge is 2.61. The van der Waals surface area contributed by atoms with Crippen molar-refractivity contribution in [3.05, 3.63) is 53.1 Å². The van der Waals surface area contributed by atoms with Crippen molar-refractivity contribution in [2.24, 2.45) is 5.73 Å². The van der Waals surface area contributed by atoms with E-state index in [0.717, 1.165) is 0 Å². The van der Waals surface area contributed by atoms with Crippen LogP contribution in [0.2, 0.25) is 0 Å². The molecule has 202 valence electrons. The number of nitrogens with one attached hydrogen (secondary N) is 1. The largest absolute Gasteiger partial charge is 0.461 e. The smallest absolute Gasteiger partial charge is 0.251 e. The molecule has 1 amide bonds. The monoisotopic (exact) mass is 518 g/mol. The Bertz CT molecular complexity index is 1100. The molecule has 0 bridgehead atoms. The first-order valence-electron chi connectivity index (χ1n) is 12.2. The molecule has 2 aromatic rings. The number of ether oxygens (including phenoxy) is 4. The number of aliphatic hydroxyl groups is 4. The van der Waals surface area contributed by atoms with Gasteiger partial charge in [0.15, 0.2) is 5.60 Å². The van der Waals surface area contributed by atoms with E-state index in [1.54, 1.807) is 31.2 Å². The number of hydrogen-bond acceptors (Lipinski definition) is 10. The second-order valence-electron chi connectivity index (χ2n) is 9.09. The highest BCUT2D eigenvalue weighted by Crippen LogP contribution is 2.50. The quantitative estimate of drug-likeness (QED) is 0.211. The van der Waals surface area contributed by atoms with Gasteiger partial charge in [-0.2, -0.15) is 0 Å². The second-order valence-corrected chi connectivity index (χ2v) is 9.09. The van der Waals surface area contributed by atoms with Crippen LogP contribution in [0.15, 0.2) is 36.4 Å². The number of aliphatic hydroxyl groups excluding tert-OH is 3. The van der Waals surface area contributed by atoms with Crippen LogP contribution in [0, 0.1) is 6.92 Å². The number of amides is 1. The Hall–Kier alpha value is -2.61. The molecule has 4 rings (SSSR count). The zero-order valence-electron chi connectivity index (χ0n) is 20.6. The van der Waals surface area contributed by atoms with Crippen molar-refractivity contribution in [3.8, 4) is 16.9 Å². The molecule has 0 saturated carbocycles. The van der Waals surface area contributed by atoms with Crippen LogP contribution in [-0.2, 0) is 19.8 Å². The third kappa shape index (κ3) is 5.49. The van der Waals surface area contributed by atoms with Gasteiger partial charge >= 0.3 is 0 Å². The summed E-state index contributed by atoms with van der Waals surface area (Å²) in [4.78, 5) is 12.7. The highest BCUT2D eigenvalue weighted by molar-refractivity contribution is 5.95.